The third-order valence-electron chi connectivity index (χ3n) is 5.77. The predicted molar refractivity (Wildman–Crippen MR) is 131 cm³/mol. The highest BCUT2D eigenvalue weighted by Gasteiger charge is 2.35. The van der Waals surface area contributed by atoms with Gasteiger partial charge in [0.1, 0.15) is 11.6 Å². The van der Waals surface area contributed by atoms with E-state index >= 15 is 0 Å². The number of urea groups is 1. The van der Waals surface area contributed by atoms with Crippen molar-refractivity contribution >= 4 is 22.9 Å². The SMILES string of the molecule is CCOc1ccc(CN2C(=O)NC(c3ccc(F)cc3)C(c3nc(-c4cccs4)no3)=C2C)cc1. The fourth-order valence-electron chi connectivity index (χ4n) is 4.03. The van der Waals surface area contributed by atoms with Gasteiger partial charge in [0.25, 0.3) is 5.89 Å². The second kappa shape index (κ2) is 9.71. The number of nitrogens with one attached hydrogen (secondary N) is 1. The van der Waals surface area contributed by atoms with Crippen LogP contribution in [0.5, 0.6) is 5.75 Å². The molecule has 4 aromatic rings. The van der Waals surface area contributed by atoms with E-state index in [9.17, 15) is 9.18 Å². The van der Waals surface area contributed by atoms with Gasteiger partial charge >= 0.3 is 6.03 Å². The second-order valence-electron chi connectivity index (χ2n) is 8.00. The topological polar surface area (TPSA) is 80.5 Å². The first kappa shape index (κ1) is 22.8. The van der Waals surface area contributed by atoms with Crippen LogP contribution in [0.2, 0.25) is 0 Å². The molecule has 2 aromatic carbocycles. The largest absolute Gasteiger partial charge is 0.494 e. The van der Waals surface area contributed by atoms with Crippen molar-refractivity contribution in [3.05, 3.63) is 94.6 Å². The van der Waals surface area contributed by atoms with Crippen molar-refractivity contribution in [1.82, 2.24) is 20.4 Å². The lowest BCUT2D eigenvalue weighted by Gasteiger charge is -2.35. The number of carbonyl (C=O) groups excluding carboxylic acids is 1. The molecule has 1 aliphatic heterocycles. The van der Waals surface area contributed by atoms with E-state index in [0.29, 0.717) is 41.7 Å². The number of aromatic nitrogens is 2. The maximum atomic E-state index is 13.6. The molecule has 1 N–H and O–H groups in total. The van der Waals surface area contributed by atoms with Crippen LogP contribution in [0.25, 0.3) is 16.3 Å². The molecule has 9 heteroatoms. The number of ether oxygens (including phenoxy) is 1. The van der Waals surface area contributed by atoms with Crippen molar-refractivity contribution in [3.8, 4) is 16.5 Å². The van der Waals surface area contributed by atoms with E-state index in [2.05, 4.69) is 15.5 Å². The molecule has 1 aliphatic rings. The molecule has 0 fully saturated rings. The Morgan fingerprint density at radius 3 is 2.60 bits per heavy atom. The highest BCUT2D eigenvalue weighted by Crippen LogP contribution is 2.38. The Bertz CT molecular complexity index is 1350. The van der Waals surface area contributed by atoms with Crippen molar-refractivity contribution in [2.45, 2.75) is 26.4 Å². The number of nitrogens with zero attached hydrogens (tertiary/aromatic N) is 3. The molecule has 0 radical (unpaired) electrons. The van der Waals surface area contributed by atoms with Gasteiger partial charge in [-0.15, -0.1) is 11.3 Å². The summed E-state index contributed by atoms with van der Waals surface area (Å²) in [5.74, 6) is 1.20. The highest BCUT2D eigenvalue weighted by molar-refractivity contribution is 7.13. The standard InChI is InChI=1S/C26H23FN4O3S/c1-3-33-20-12-6-17(7-13-20)15-31-16(2)22(25-29-24(30-34-25)21-5-4-14-35-21)23(28-26(31)32)18-8-10-19(27)11-9-18/h4-14,23H,3,15H2,1-2H3,(H,28,32). The van der Waals surface area contributed by atoms with E-state index in [1.165, 1.54) is 23.5 Å². The molecular formula is C26H23FN4O3S. The average Bonchev–Trinajstić information content (AvgIpc) is 3.56. The van der Waals surface area contributed by atoms with Crippen LogP contribution in [0, 0.1) is 5.82 Å². The van der Waals surface area contributed by atoms with Gasteiger partial charge in [0.15, 0.2) is 0 Å². The zero-order valence-electron chi connectivity index (χ0n) is 19.2. The summed E-state index contributed by atoms with van der Waals surface area (Å²) in [6.45, 7) is 4.71. The maximum Gasteiger partial charge on any atom is 0.322 e. The number of halogens is 1. The number of carbonyl (C=O) groups is 1. The number of allylic oxidation sites excluding steroid dienone is 1. The highest BCUT2D eigenvalue weighted by atomic mass is 32.1. The lowest BCUT2D eigenvalue weighted by molar-refractivity contribution is 0.203. The minimum atomic E-state index is -0.573. The van der Waals surface area contributed by atoms with Crippen LogP contribution >= 0.6 is 11.3 Å². The van der Waals surface area contributed by atoms with E-state index < -0.39 is 6.04 Å². The Kier molecular flexibility index (Phi) is 6.33. The lowest BCUT2D eigenvalue weighted by Crippen LogP contribution is -2.45. The van der Waals surface area contributed by atoms with Crippen LogP contribution in [-0.2, 0) is 6.54 Å². The Balaban J connectivity index is 1.54. The molecule has 1 atom stereocenters. The monoisotopic (exact) mass is 490 g/mol. The molecule has 2 amide bonds. The first-order chi connectivity index (χ1) is 17.0. The molecule has 7 nitrogen and oxygen atoms in total. The van der Waals surface area contributed by atoms with Gasteiger partial charge in [0.2, 0.25) is 5.82 Å². The van der Waals surface area contributed by atoms with Crippen LogP contribution in [0.15, 0.2) is 76.3 Å². The first-order valence-corrected chi connectivity index (χ1v) is 12.1. The molecule has 0 saturated carbocycles. The van der Waals surface area contributed by atoms with Gasteiger partial charge in [0.05, 0.1) is 29.6 Å². The van der Waals surface area contributed by atoms with Crippen LogP contribution in [-0.4, -0.2) is 27.7 Å². The van der Waals surface area contributed by atoms with Crippen LogP contribution < -0.4 is 10.1 Å². The van der Waals surface area contributed by atoms with Crippen molar-refractivity contribution in [1.29, 1.82) is 0 Å². The fourth-order valence-corrected chi connectivity index (χ4v) is 4.68. The molecule has 1 unspecified atom stereocenters. The zero-order valence-corrected chi connectivity index (χ0v) is 20.0. The van der Waals surface area contributed by atoms with Gasteiger partial charge in [0, 0.05) is 5.70 Å². The molecule has 0 saturated heterocycles. The summed E-state index contributed by atoms with van der Waals surface area (Å²) in [5.41, 5.74) is 2.99. The summed E-state index contributed by atoms with van der Waals surface area (Å²) >= 11 is 1.51. The van der Waals surface area contributed by atoms with Gasteiger partial charge in [-0.3, -0.25) is 4.90 Å². The van der Waals surface area contributed by atoms with Crippen LogP contribution in [0.3, 0.4) is 0 Å². The van der Waals surface area contributed by atoms with Crippen LogP contribution in [0.1, 0.15) is 36.9 Å². The molecule has 3 heterocycles. The Hall–Kier alpha value is -3.98. The summed E-state index contributed by atoms with van der Waals surface area (Å²) < 4.78 is 24.8. The Morgan fingerprint density at radius 1 is 1.14 bits per heavy atom. The number of rotatable bonds is 7. The maximum absolute atomic E-state index is 13.6. The summed E-state index contributed by atoms with van der Waals surface area (Å²) in [5, 5.41) is 9.13. The van der Waals surface area contributed by atoms with Crippen LogP contribution in [0.4, 0.5) is 9.18 Å². The molecule has 2 aromatic heterocycles. The van der Waals surface area contributed by atoms with Gasteiger partial charge in [-0.25, -0.2) is 9.18 Å². The molecule has 0 aliphatic carbocycles. The second-order valence-corrected chi connectivity index (χ2v) is 8.94. The Morgan fingerprint density at radius 2 is 1.91 bits per heavy atom. The minimum Gasteiger partial charge on any atom is -0.494 e. The third kappa shape index (κ3) is 4.67. The van der Waals surface area contributed by atoms with E-state index in [-0.39, 0.29) is 11.8 Å². The normalized spacial score (nSPS) is 15.9. The lowest BCUT2D eigenvalue weighted by atomic mass is 9.94. The third-order valence-corrected chi connectivity index (χ3v) is 6.64. The van der Waals surface area contributed by atoms with Gasteiger partial charge in [-0.05, 0) is 60.7 Å². The molecule has 0 bridgehead atoms. The molecule has 35 heavy (non-hydrogen) atoms. The van der Waals surface area contributed by atoms with Crippen molar-refractivity contribution in [2.24, 2.45) is 0 Å². The number of benzene rings is 2. The quantitative estimate of drug-likeness (QED) is 0.342. The van der Waals surface area contributed by atoms with E-state index in [1.54, 1.807) is 17.0 Å². The molecular weight excluding hydrogens is 467 g/mol. The van der Waals surface area contributed by atoms with Gasteiger partial charge in [-0.1, -0.05) is 35.5 Å². The smallest absolute Gasteiger partial charge is 0.322 e. The number of thiophene rings is 1. The number of hydrogen-bond donors (Lipinski definition) is 1. The van der Waals surface area contributed by atoms with Gasteiger partial charge in [-0.2, -0.15) is 4.98 Å². The Labute approximate surface area is 205 Å². The van der Waals surface area contributed by atoms with E-state index in [0.717, 1.165) is 16.2 Å². The summed E-state index contributed by atoms with van der Waals surface area (Å²) in [4.78, 5) is 20.4. The van der Waals surface area contributed by atoms with E-state index in [4.69, 9.17) is 9.26 Å². The van der Waals surface area contributed by atoms with E-state index in [1.807, 2.05) is 55.6 Å². The zero-order chi connectivity index (χ0) is 24.4. The van der Waals surface area contributed by atoms with Crippen molar-refractivity contribution < 1.29 is 18.4 Å². The first-order valence-electron chi connectivity index (χ1n) is 11.2. The number of hydrogen-bond acceptors (Lipinski definition) is 6. The predicted octanol–water partition coefficient (Wildman–Crippen LogP) is 6.03. The molecule has 0 spiro atoms. The summed E-state index contributed by atoms with van der Waals surface area (Å²) in [6.07, 6.45) is 0. The average molecular weight is 491 g/mol. The minimum absolute atomic E-state index is 0.271. The van der Waals surface area contributed by atoms with Crippen molar-refractivity contribution in [2.75, 3.05) is 6.61 Å². The van der Waals surface area contributed by atoms with Gasteiger partial charge < -0.3 is 14.6 Å². The molecule has 5 rings (SSSR count). The number of amides is 2. The summed E-state index contributed by atoms with van der Waals surface area (Å²) in [7, 11) is 0. The van der Waals surface area contributed by atoms with Crippen molar-refractivity contribution in [3.63, 3.8) is 0 Å². The molecule has 178 valence electrons. The summed E-state index contributed by atoms with van der Waals surface area (Å²) in [6, 6.07) is 16.6. The fraction of sp³-hybridized carbons (Fsp3) is 0.192.